The zero-order valence-electron chi connectivity index (χ0n) is 14.3. The fourth-order valence-corrected chi connectivity index (χ4v) is 3.60. The fourth-order valence-electron chi connectivity index (χ4n) is 2.53. The number of Topliss-reactive ketones (excluding diaryl/α,β-unsaturated/α-hetero) is 1. The molecule has 0 unspecified atom stereocenters. The molecule has 6 nitrogen and oxygen atoms in total. The van der Waals surface area contributed by atoms with Gasteiger partial charge in [-0.2, -0.15) is 8.42 Å². The second-order valence-electron chi connectivity index (χ2n) is 6.06. The Balaban J connectivity index is 1.93. The van der Waals surface area contributed by atoms with Gasteiger partial charge >= 0.3 is 10.1 Å². The molecule has 0 bridgehead atoms. The van der Waals surface area contributed by atoms with E-state index in [1.807, 2.05) is 0 Å². The smallest absolute Gasteiger partial charge is 0.302 e. The van der Waals surface area contributed by atoms with Gasteiger partial charge < -0.3 is 14.7 Å². The van der Waals surface area contributed by atoms with Gasteiger partial charge in [-0.3, -0.25) is 4.79 Å². The highest BCUT2D eigenvalue weighted by atomic mass is 35.5. The summed E-state index contributed by atoms with van der Waals surface area (Å²) in [6, 6.07) is 13.4. The SMILES string of the molecule is [B]C([B])(c1ccccc1)S(=O)(=O)OC1=C(N)O[C@]([B])(c2ccc(Cl)cc2)C1=O. The minimum absolute atomic E-state index is 0.0391. The summed E-state index contributed by atoms with van der Waals surface area (Å²) < 4.78 is 33.0. The van der Waals surface area contributed by atoms with Crippen LogP contribution in [0.15, 0.2) is 66.2 Å². The zero-order valence-corrected chi connectivity index (χ0v) is 15.9. The number of rotatable bonds is 5. The largest absolute Gasteiger partial charge is 0.467 e. The van der Waals surface area contributed by atoms with Crippen LogP contribution in [0.25, 0.3) is 0 Å². The Morgan fingerprint density at radius 2 is 1.64 bits per heavy atom. The Morgan fingerprint density at radius 1 is 1.07 bits per heavy atom. The van der Waals surface area contributed by atoms with E-state index in [1.54, 1.807) is 18.2 Å². The number of hydrogen-bond donors (Lipinski definition) is 1. The van der Waals surface area contributed by atoms with Gasteiger partial charge in [0, 0.05) is 5.02 Å². The molecule has 6 radical (unpaired) electrons. The topological polar surface area (TPSA) is 95.7 Å². The van der Waals surface area contributed by atoms with Crippen molar-refractivity contribution in [3.05, 3.63) is 82.4 Å². The molecule has 0 fully saturated rings. The Kier molecular flexibility index (Phi) is 5.06. The summed E-state index contributed by atoms with van der Waals surface area (Å²) in [6.45, 7) is 0. The number of benzene rings is 2. The van der Waals surface area contributed by atoms with Crippen molar-refractivity contribution in [2.24, 2.45) is 5.73 Å². The maximum Gasteiger partial charge on any atom is 0.302 e. The van der Waals surface area contributed by atoms with Crippen molar-refractivity contribution >= 4 is 51.0 Å². The summed E-state index contributed by atoms with van der Waals surface area (Å²) in [7, 11) is 12.8. The van der Waals surface area contributed by atoms with Crippen molar-refractivity contribution in [2.45, 2.75) is 10.0 Å². The molecule has 0 amide bonds. The lowest BCUT2D eigenvalue weighted by atomic mass is 9.65. The van der Waals surface area contributed by atoms with Crippen LogP contribution in [-0.4, -0.2) is 37.7 Å². The minimum Gasteiger partial charge on any atom is -0.467 e. The molecule has 0 aliphatic carbocycles. The van der Waals surface area contributed by atoms with Crippen LogP contribution in [0.3, 0.4) is 0 Å². The van der Waals surface area contributed by atoms with E-state index >= 15 is 0 Å². The fraction of sp³-hybridized carbons (Fsp3) is 0.118. The van der Waals surface area contributed by atoms with E-state index < -0.39 is 37.6 Å². The molecule has 2 N–H and O–H groups in total. The van der Waals surface area contributed by atoms with Crippen LogP contribution >= 0.6 is 11.6 Å². The van der Waals surface area contributed by atoms with E-state index in [0.29, 0.717) is 5.02 Å². The number of carbonyl (C=O) groups excluding carboxylic acids is 1. The second kappa shape index (κ2) is 6.94. The van der Waals surface area contributed by atoms with Crippen molar-refractivity contribution < 1.29 is 22.1 Å². The van der Waals surface area contributed by atoms with Gasteiger partial charge in [0.1, 0.15) is 7.85 Å². The van der Waals surface area contributed by atoms with Crippen molar-refractivity contribution in [1.82, 2.24) is 0 Å². The van der Waals surface area contributed by atoms with Gasteiger partial charge in [-0.25, -0.2) is 0 Å². The highest BCUT2D eigenvalue weighted by Crippen LogP contribution is 2.38. The molecule has 2 aromatic carbocycles. The van der Waals surface area contributed by atoms with Crippen molar-refractivity contribution in [2.75, 3.05) is 0 Å². The van der Waals surface area contributed by atoms with Gasteiger partial charge in [-0.05, 0) is 23.3 Å². The van der Waals surface area contributed by atoms with Crippen molar-refractivity contribution in [1.29, 1.82) is 0 Å². The monoisotopic (exact) mass is 409 g/mol. The average molecular weight is 409 g/mol. The third-order valence-electron chi connectivity index (χ3n) is 4.14. The molecule has 11 heteroatoms. The summed E-state index contributed by atoms with van der Waals surface area (Å²) in [6.07, 6.45) is 0. The van der Waals surface area contributed by atoms with Crippen molar-refractivity contribution in [3.8, 4) is 0 Å². The number of ketones is 1. The van der Waals surface area contributed by atoms with Crippen LogP contribution in [0, 0.1) is 0 Å². The Labute approximate surface area is 171 Å². The summed E-state index contributed by atoms with van der Waals surface area (Å²) in [5, 5.41) is 0.400. The van der Waals surface area contributed by atoms with Crippen LogP contribution in [0.2, 0.25) is 5.02 Å². The van der Waals surface area contributed by atoms with Crippen molar-refractivity contribution in [3.63, 3.8) is 0 Å². The Morgan fingerprint density at radius 3 is 2.21 bits per heavy atom. The molecule has 0 aromatic heterocycles. The number of carbonyl (C=O) groups is 1. The quantitative estimate of drug-likeness (QED) is 0.582. The third kappa shape index (κ3) is 3.31. The van der Waals surface area contributed by atoms with Crippen LogP contribution in [0.1, 0.15) is 11.1 Å². The molecular formula is C17H11B3ClNO5S. The minimum atomic E-state index is -4.76. The molecule has 1 aliphatic rings. The highest BCUT2D eigenvalue weighted by molar-refractivity contribution is 7.90. The molecule has 2 aromatic rings. The first kappa shape index (κ1) is 20.4. The number of hydrogen-bond acceptors (Lipinski definition) is 6. The summed E-state index contributed by atoms with van der Waals surface area (Å²) >= 11 is 5.82. The number of ether oxygens (including phenoxy) is 1. The molecule has 0 saturated heterocycles. The summed E-state index contributed by atoms with van der Waals surface area (Å²) in [5.74, 6) is -2.44. The molecule has 28 heavy (non-hydrogen) atoms. The predicted octanol–water partition coefficient (Wildman–Crippen LogP) is 0.882. The van der Waals surface area contributed by atoms with Crippen LogP contribution in [0.4, 0.5) is 0 Å². The molecule has 1 atom stereocenters. The normalized spacial score (nSPS) is 20.1. The third-order valence-corrected chi connectivity index (χ3v) is 5.84. The van der Waals surface area contributed by atoms with Gasteiger partial charge in [0.15, 0.2) is 5.50 Å². The molecule has 0 spiro atoms. The van der Waals surface area contributed by atoms with E-state index in [1.165, 1.54) is 36.4 Å². The van der Waals surface area contributed by atoms with Gasteiger partial charge in [0.2, 0.25) is 17.4 Å². The van der Waals surface area contributed by atoms with E-state index in [9.17, 15) is 13.2 Å². The van der Waals surface area contributed by atoms with E-state index in [-0.39, 0.29) is 11.1 Å². The van der Waals surface area contributed by atoms with Crippen LogP contribution in [-0.2, 0) is 33.9 Å². The Bertz CT molecular complexity index is 1060. The first-order chi connectivity index (χ1) is 13.0. The number of halogens is 1. The van der Waals surface area contributed by atoms with E-state index in [2.05, 4.69) is 0 Å². The molecule has 1 heterocycles. The first-order valence-corrected chi connectivity index (χ1v) is 9.63. The second-order valence-corrected chi connectivity index (χ2v) is 8.25. The van der Waals surface area contributed by atoms with Crippen LogP contribution < -0.4 is 5.73 Å². The lowest BCUT2D eigenvalue weighted by molar-refractivity contribution is -0.126. The zero-order chi connectivity index (χ0) is 20.7. The highest BCUT2D eigenvalue weighted by Gasteiger charge is 2.50. The maximum atomic E-state index is 12.8. The summed E-state index contributed by atoms with van der Waals surface area (Å²) in [4.78, 5) is 12.8. The van der Waals surface area contributed by atoms with Gasteiger partial charge in [0.25, 0.3) is 0 Å². The average Bonchev–Trinajstić information content (AvgIpc) is 2.86. The number of nitrogens with two attached hydrogens (primary N) is 1. The lowest BCUT2D eigenvalue weighted by Crippen LogP contribution is -2.40. The maximum absolute atomic E-state index is 12.8. The summed E-state index contributed by atoms with van der Waals surface area (Å²) in [5.41, 5.74) is 3.81. The molecule has 1 aliphatic heterocycles. The molecular weight excluding hydrogens is 398 g/mol. The molecule has 0 saturated carbocycles. The standard InChI is InChI=1S/C17H11B3ClNO5S/c18-16(10-6-8-12(21)9-7-10)14(23)13(15(22)26-16)27-28(24,25)17(19,20)11-4-2-1-3-5-11/h1-9H,22H2/t16-/m1/s1. The van der Waals surface area contributed by atoms with Gasteiger partial charge in [-0.1, -0.05) is 54.1 Å². The lowest BCUT2D eigenvalue weighted by Gasteiger charge is -2.26. The Hall–Kier alpha value is -2.32. The van der Waals surface area contributed by atoms with Gasteiger partial charge in [-0.15, -0.1) is 0 Å². The van der Waals surface area contributed by atoms with E-state index in [0.717, 1.165) is 0 Å². The molecule has 3 rings (SSSR count). The van der Waals surface area contributed by atoms with Crippen LogP contribution in [0.5, 0.6) is 0 Å². The predicted molar refractivity (Wildman–Crippen MR) is 106 cm³/mol. The molecule has 136 valence electrons. The van der Waals surface area contributed by atoms with E-state index in [4.69, 9.17) is 49.8 Å². The van der Waals surface area contributed by atoms with Gasteiger partial charge in [0.05, 0.1) is 20.2 Å². The first-order valence-electron chi connectivity index (χ1n) is 7.85.